The summed E-state index contributed by atoms with van der Waals surface area (Å²) in [5.74, 6) is -3.09. The van der Waals surface area contributed by atoms with Crippen molar-refractivity contribution in [2.75, 3.05) is 57.7 Å². The van der Waals surface area contributed by atoms with Crippen LogP contribution < -0.4 is 27.0 Å². The Morgan fingerprint density at radius 1 is 0.907 bits per heavy atom. The molecule has 2 saturated heterocycles. The lowest BCUT2D eigenvalue weighted by Crippen LogP contribution is -2.52. The highest BCUT2D eigenvalue weighted by molar-refractivity contribution is 6.14. The average Bonchev–Trinajstić information content (AvgIpc) is 3.72. The summed E-state index contributed by atoms with van der Waals surface area (Å²) < 4.78 is 5.48. The molecule has 4 atom stereocenters. The molecule has 398 valence electrons. The number of nitrogens with one attached hydrogen (secondary N) is 4. The molecule has 3 aromatic rings. The lowest BCUT2D eigenvalue weighted by atomic mass is 9.83. The number of ketones is 3. The van der Waals surface area contributed by atoms with Gasteiger partial charge in [-0.1, -0.05) is 74.5 Å². The Kier molecular flexibility index (Phi) is 19.2. The molecular weight excluding hydrogens is 963 g/mol. The number of allylic oxidation sites excluding steroid dienone is 2. The number of aliphatic hydroxyl groups is 1. The molecule has 2 unspecified atom stereocenters. The Morgan fingerprint density at radius 3 is 2.32 bits per heavy atom. The van der Waals surface area contributed by atoms with E-state index in [0.717, 1.165) is 5.56 Å². The molecule has 4 aliphatic rings. The van der Waals surface area contributed by atoms with Crippen molar-refractivity contribution in [3.63, 3.8) is 0 Å². The number of hydrogen-bond acceptors (Lipinski definition) is 14. The summed E-state index contributed by atoms with van der Waals surface area (Å²) in [6.07, 6.45) is 2.27. The largest absolute Gasteiger partial charge is 0.511 e. The van der Waals surface area contributed by atoms with Gasteiger partial charge >= 0.3 is 12.1 Å². The number of piperidine rings is 1. The lowest BCUT2D eigenvalue weighted by molar-refractivity contribution is -0.137. The van der Waals surface area contributed by atoms with Crippen LogP contribution in [0.15, 0.2) is 89.1 Å². The van der Waals surface area contributed by atoms with E-state index in [1.807, 2.05) is 44.2 Å². The number of carbonyl (C=O) groups is 9. The molecule has 0 radical (unpaired) electrons. The number of fused-ring (bicyclic) bond motifs is 1. The molecule has 7 rings (SSSR count). The van der Waals surface area contributed by atoms with E-state index in [-0.39, 0.29) is 111 Å². The summed E-state index contributed by atoms with van der Waals surface area (Å²) >= 11 is 0. The topological polar surface area (TPSA) is 279 Å². The summed E-state index contributed by atoms with van der Waals surface area (Å²) in [6.45, 7) is 7.87. The molecule has 0 saturated carbocycles. The maximum absolute atomic E-state index is 13.9. The van der Waals surface area contributed by atoms with Crippen LogP contribution in [0.3, 0.4) is 0 Å². The van der Waals surface area contributed by atoms with Crippen molar-refractivity contribution < 1.29 is 53.0 Å². The van der Waals surface area contributed by atoms with Crippen LogP contribution in [0.25, 0.3) is 0 Å². The van der Waals surface area contributed by atoms with Crippen molar-refractivity contribution in [2.45, 2.75) is 96.4 Å². The van der Waals surface area contributed by atoms with Gasteiger partial charge in [0.05, 0.1) is 24.7 Å². The normalized spacial score (nSPS) is 19.2. The van der Waals surface area contributed by atoms with Crippen molar-refractivity contribution in [1.29, 1.82) is 0 Å². The number of aliphatic imine (C=N–C) groups is 1. The Labute approximate surface area is 435 Å². The predicted octanol–water partition coefficient (Wildman–Crippen LogP) is 4.12. The lowest BCUT2D eigenvalue weighted by Gasteiger charge is -2.34. The van der Waals surface area contributed by atoms with Crippen LogP contribution in [0.2, 0.25) is 0 Å². The molecule has 3 aliphatic heterocycles. The van der Waals surface area contributed by atoms with E-state index in [4.69, 9.17) is 10.5 Å². The SMILES string of the molecule is CC(C)[C@H](CC(=O)CN1CCN(CCN=CC2=C(O)CC(c3ccccc3)CC2=O)CC1)C(=O)N[C@@H](CCCNC(N)=O)C(=O)Cc1ccc(COC(=O)Nc2cccc3c2CN(C2CCC(=O)NC2=O)C3=O)cc1. The first-order chi connectivity index (χ1) is 36.0. The molecule has 3 heterocycles. The molecule has 1 aliphatic carbocycles. The molecule has 0 spiro atoms. The zero-order valence-electron chi connectivity index (χ0n) is 42.5. The van der Waals surface area contributed by atoms with E-state index in [9.17, 15) is 48.3 Å². The average molecular weight is 1030 g/mol. The van der Waals surface area contributed by atoms with Gasteiger partial charge in [-0.15, -0.1) is 0 Å². The van der Waals surface area contributed by atoms with Gasteiger partial charge in [0.25, 0.3) is 5.91 Å². The van der Waals surface area contributed by atoms with E-state index in [1.165, 1.54) is 11.1 Å². The van der Waals surface area contributed by atoms with E-state index in [1.54, 1.807) is 42.5 Å². The number of Topliss-reactive ketones (excluding diaryl/α,β-unsaturated/α-hetero) is 3. The molecule has 3 aromatic carbocycles. The number of nitrogens with zero attached hydrogens (tertiary/aromatic N) is 4. The summed E-state index contributed by atoms with van der Waals surface area (Å²) in [7, 11) is 0. The number of ether oxygens (including phenoxy) is 1. The number of anilines is 1. The van der Waals surface area contributed by atoms with Gasteiger partial charge in [-0.25, -0.2) is 9.59 Å². The summed E-state index contributed by atoms with van der Waals surface area (Å²) in [5, 5.41) is 21.0. The van der Waals surface area contributed by atoms with E-state index in [2.05, 4.69) is 36.1 Å². The van der Waals surface area contributed by atoms with Crippen LogP contribution >= 0.6 is 0 Å². The minimum absolute atomic E-state index is 0.00593. The number of aliphatic hydroxyl groups excluding tert-OH is 1. The number of imide groups is 1. The van der Waals surface area contributed by atoms with E-state index < -0.39 is 41.9 Å². The fourth-order valence-electron chi connectivity index (χ4n) is 9.92. The molecule has 7 N–H and O–H groups in total. The number of benzene rings is 3. The minimum Gasteiger partial charge on any atom is -0.511 e. The maximum atomic E-state index is 13.9. The Balaban J connectivity index is 0.852. The summed E-state index contributed by atoms with van der Waals surface area (Å²) in [4.78, 5) is 126. The first kappa shape index (κ1) is 55.2. The third-order valence-corrected chi connectivity index (χ3v) is 14.2. The molecule has 2 fully saturated rings. The number of primary amides is 1. The van der Waals surface area contributed by atoms with Crippen LogP contribution in [-0.2, 0) is 53.1 Å². The third kappa shape index (κ3) is 15.3. The first-order valence-corrected chi connectivity index (χ1v) is 25.6. The second kappa shape index (κ2) is 26.1. The molecule has 7 amide bonds. The minimum atomic E-state index is -0.920. The van der Waals surface area contributed by atoms with Crippen LogP contribution in [0.5, 0.6) is 0 Å². The predicted molar refractivity (Wildman–Crippen MR) is 277 cm³/mol. The number of rotatable bonds is 23. The number of carbonyl (C=O) groups excluding carboxylic acids is 9. The van der Waals surface area contributed by atoms with Crippen molar-refractivity contribution in [2.24, 2.45) is 22.6 Å². The van der Waals surface area contributed by atoms with Gasteiger partial charge in [-0.3, -0.25) is 59.0 Å². The fourth-order valence-corrected chi connectivity index (χ4v) is 9.92. The van der Waals surface area contributed by atoms with Gasteiger partial charge in [-0.05, 0) is 59.9 Å². The molecule has 0 bridgehead atoms. The summed E-state index contributed by atoms with van der Waals surface area (Å²) in [5.41, 5.74) is 9.03. The second-order valence-electron chi connectivity index (χ2n) is 19.9. The monoisotopic (exact) mass is 1030 g/mol. The smallest absolute Gasteiger partial charge is 0.411 e. The quantitative estimate of drug-likeness (QED) is 0.0444. The van der Waals surface area contributed by atoms with Gasteiger partial charge < -0.3 is 31.1 Å². The highest BCUT2D eigenvalue weighted by Gasteiger charge is 2.40. The van der Waals surface area contributed by atoms with Crippen molar-refractivity contribution in [3.05, 3.63) is 112 Å². The van der Waals surface area contributed by atoms with Crippen molar-refractivity contribution in [1.82, 2.24) is 30.7 Å². The molecule has 0 aromatic heterocycles. The van der Waals surface area contributed by atoms with Gasteiger partial charge in [0.15, 0.2) is 11.6 Å². The molecule has 20 heteroatoms. The summed E-state index contributed by atoms with van der Waals surface area (Å²) in [6, 6.07) is 19.0. The highest BCUT2D eigenvalue weighted by Crippen LogP contribution is 2.34. The van der Waals surface area contributed by atoms with Gasteiger partial charge in [0.1, 0.15) is 24.2 Å². The maximum Gasteiger partial charge on any atom is 0.411 e. The number of hydrogen-bond donors (Lipinski definition) is 6. The van der Waals surface area contributed by atoms with Crippen molar-refractivity contribution >= 4 is 65.0 Å². The van der Waals surface area contributed by atoms with Gasteiger partial charge in [-0.2, -0.15) is 0 Å². The third-order valence-electron chi connectivity index (χ3n) is 14.2. The number of amides is 7. The fraction of sp³-hybridized carbons (Fsp3) is 0.455. The Hall–Kier alpha value is -7.58. The van der Waals surface area contributed by atoms with Crippen LogP contribution in [-0.4, -0.2) is 144 Å². The van der Waals surface area contributed by atoms with E-state index >= 15 is 0 Å². The van der Waals surface area contributed by atoms with Gasteiger partial charge in [0, 0.05) is 107 Å². The molecule has 20 nitrogen and oxygen atoms in total. The second-order valence-corrected chi connectivity index (χ2v) is 19.9. The Morgan fingerprint density at radius 2 is 1.63 bits per heavy atom. The van der Waals surface area contributed by atoms with Crippen LogP contribution in [0, 0.1) is 11.8 Å². The number of urea groups is 1. The standard InChI is InChI=1S/C55H67N9O11/c1-34(2)41(29-39(65)31-63-24-22-62(23-25-63)21-20-57-30-42-47(66)27-38(28-48(42)67)37-8-4-3-5-9-37)51(70)59-45(12-7-19-58-54(56)73)49(68)26-35-13-15-36(16-14-35)33-75-55(74)60-44-11-6-10-40-43(44)32-64(53(40)72)46-17-18-50(69)61-52(46)71/h3-6,8-11,13-16,30,34,38,41,45-46,66H,7,12,17-29,31-33H2,1-2H3,(H,59,70)(H,60,74)(H3,56,58,73)(H,61,69,71)/t38?,41-,45-,46?/m0/s1. The van der Waals surface area contributed by atoms with Crippen LogP contribution in [0.1, 0.15) is 97.3 Å². The van der Waals surface area contributed by atoms with Crippen molar-refractivity contribution in [3.8, 4) is 0 Å². The Bertz CT molecular complexity index is 2680. The van der Waals surface area contributed by atoms with E-state index in [0.29, 0.717) is 86.5 Å². The number of piperazine rings is 1. The molecule has 75 heavy (non-hydrogen) atoms. The molecular formula is C55H67N9O11. The van der Waals surface area contributed by atoms with Gasteiger partial charge in [0.2, 0.25) is 17.7 Å². The number of nitrogens with two attached hydrogens (primary N) is 1. The first-order valence-electron chi connectivity index (χ1n) is 25.6. The zero-order valence-corrected chi connectivity index (χ0v) is 42.5. The zero-order chi connectivity index (χ0) is 53.6. The highest BCUT2D eigenvalue weighted by atomic mass is 16.5. The van der Waals surface area contributed by atoms with Crippen LogP contribution in [0.4, 0.5) is 15.3 Å².